The zero-order chi connectivity index (χ0) is 23.8. The molecule has 1 N–H and O–H groups in total. The molecule has 0 radical (unpaired) electrons. The minimum absolute atomic E-state index is 0.0868. The van der Waals surface area contributed by atoms with Crippen molar-refractivity contribution in [3.63, 3.8) is 0 Å². The lowest BCUT2D eigenvalue weighted by atomic mass is 10.1. The van der Waals surface area contributed by atoms with Crippen LogP contribution < -0.4 is 10.1 Å². The molecule has 3 aromatic rings. The molecule has 1 amide bonds. The normalized spacial score (nSPS) is 10.8. The third-order valence-electron chi connectivity index (χ3n) is 4.48. The zero-order valence-corrected chi connectivity index (χ0v) is 19.6. The number of halogens is 2. The Labute approximate surface area is 203 Å². The lowest BCUT2D eigenvalue weighted by Gasteiger charge is -2.09. The SMILES string of the molecule is COC(=O)c1ccc(NC(=O)/C(C#N)=C/c2ccc(OCc3cccc(F)c3)c(I)c2)cc1. The Kier molecular flexibility index (Phi) is 8.16. The van der Waals surface area contributed by atoms with Crippen molar-refractivity contribution in [3.8, 4) is 11.8 Å². The molecule has 0 aromatic heterocycles. The Balaban J connectivity index is 1.68. The molecule has 0 aliphatic carbocycles. The monoisotopic (exact) mass is 556 g/mol. The molecule has 0 aliphatic heterocycles. The zero-order valence-electron chi connectivity index (χ0n) is 17.5. The van der Waals surface area contributed by atoms with Crippen LogP contribution in [0.4, 0.5) is 10.1 Å². The van der Waals surface area contributed by atoms with E-state index < -0.39 is 11.9 Å². The number of esters is 1. The highest BCUT2D eigenvalue weighted by Gasteiger charge is 2.12. The van der Waals surface area contributed by atoms with Crippen LogP contribution in [0.25, 0.3) is 6.08 Å². The van der Waals surface area contributed by atoms with Crippen molar-refractivity contribution < 1.29 is 23.5 Å². The average Bonchev–Trinajstić information content (AvgIpc) is 2.82. The summed E-state index contributed by atoms with van der Waals surface area (Å²) in [6.45, 7) is 0.212. The van der Waals surface area contributed by atoms with Crippen LogP contribution in [-0.2, 0) is 16.1 Å². The number of methoxy groups -OCH3 is 1. The highest BCUT2D eigenvalue weighted by molar-refractivity contribution is 14.1. The van der Waals surface area contributed by atoms with Gasteiger partial charge in [0.25, 0.3) is 5.91 Å². The molecular weight excluding hydrogens is 538 g/mol. The van der Waals surface area contributed by atoms with Gasteiger partial charge in [-0.15, -0.1) is 0 Å². The summed E-state index contributed by atoms with van der Waals surface area (Å²) < 4.78 is 24.5. The Morgan fingerprint density at radius 2 is 1.88 bits per heavy atom. The minimum atomic E-state index is -0.579. The molecular formula is C25H18FIN2O4. The summed E-state index contributed by atoms with van der Waals surface area (Å²) in [6.07, 6.45) is 1.47. The standard InChI is InChI=1S/C25H18FIN2O4/c1-32-25(31)18-6-8-21(9-7-18)29-24(30)19(14-28)11-16-5-10-23(22(27)13-16)33-15-17-3-2-4-20(26)12-17/h2-13H,15H2,1H3,(H,29,30)/b19-11+. The van der Waals surface area contributed by atoms with Crippen LogP contribution >= 0.6 is 22.6 Å². The quantitative estimate of drug-likeness (QED) is 0.184. The van der Waals surface area contributed by atoms with Crippen molar-refractivity contribution in [1.29, 1.82) is 5.26 Å². The summed E-state index contributed by atoms with van der Waals surface area (Å²) in [5, 5.41) is 12.1. The first-order chi connectivity index (χ1) is 15.9. The van der Waals surface area contributed by atoms with Crippen molar-refractivity contribution >= 4 is 46.2 Å². The maximum atomic E-state index is 13.3. The van der Waals surface area contributed by atoms with Crippen LogP contribution in [0.5, 0.6) is 5.75 Å². The molecule has 6 nitrogen and oxygen atoms in total. The molecule has 0 saturated heterocycles. The van der Waals surface area contributed by atoms with Crippen LogP contribution in [0.3, 0.4) is 0 Å². The number of nitriles is 1. The van der Waals surface area contributed by atoms with Crippen molar-refractivity contribution in [1.82, 2.24) is 0 Å². The highest BCUT2D eigenvalue weighted by atomic mass is 127. The van der Waals surface area contributed by atoms with Gasteiger partial charge in [0, 0.05) is 5.69 Å². The first-order valence-corrected chi connectivity index (χ1v) is 10.8. The maximum Gasteiger partial charge on any atom is 0.337 e. The predicted octanol–water partition coefficient (Wildman–Crippen LogP) is 5.34. The Hall–Kier alpha value is -3.71. The number of hydrogen-bond acceptors (Lipinski definition) is 5. The maximum absolute atomic E-state index is 13.3. The molecule has 0 unspecified atom stereocenters. The third kappa shape index (κ3) is 6.63. The molecule has 0 spiro atoms. The van der Waals surface area contributed by atoms with Crippen LogP contribution in [0.2, 0.25) is 0 Å². The highest BCUT2D eigenvalue weighted by Crippen LogP contribution is 2.24. The predicted molar refractivity (Wildman–Crippen MR) is 130 cm³/mol. The fraction of sp³-hybridized carbons (Fsp3) is 0.0800. The Morgan fingerprint density at radius 3 is 2.52 bits per heavy atom. The van der Waals surface area contributed by atoms with E-state index in [1.807, 2.05) is 6.07 Å². The van der Waals surface area contributed by atoms with Crippen LogP contribution in [-0.4, -0.2) is 19.0 Å². The van der Waals surface area contributed by atoms with E-state index in [0.717, 1.165) is 3.57 Å². The molecule has 3 rings (SSSR count). The number of ether oxygens (including phenoxy) is 2. The van der Waals surface area contributed by atoms with Crippen LogP contribution in [0.15, 0.2) is 72.3 Å². The van der Waals surface area contributed by atoms with E-state index in [9.17, 15) is 19.2 Å². The number of rotatable bonds is 7. The van der Waals surface area contributed by atoms with Gasteiger partial charge in [-0.3, -0.25) is 4.79 Å². The van der Waals surface area contributed by atoms with Gasteiger partial charge in [-0.25, -0.2) is 9.18 Å². The molecule has 0 atom stereocenters. The summed E-state index contributed by atoms with van der Waals surface area (Å²) >= 11 is 2.09. The van der Waals surface area contributed by atoms with Gasteiger partial charge < -0.3 is 14.8 Å². The van der Waals surface area contributed by atoms with Crippen LogP contribution in [0, 0.1) is 20.7 Å². The Morgan fingerprint density at radius 1 is 1.12 bits per heavy atom. The van der Waals surface area contributed by atoms with Gasteiger partial charge >= 0.3 is 5.97 Å². The summed E-state index contributed by atoms with van der Waals surface area (Å²) in [4.78, 5) is 24.0. The van der Waals surface area contributed by atoms with E-state index in [2.05, 4.69) is 32.6 Å². The molecule has 0 saturated carbocycles. The van der Waals surface area contributed by atoms with E-state index in [1.54, 1.807) is 42.5 Å². The molecule has 0 fully saturated rings. The number of nitrogens with one attached hydrogen (secondary N) is 1. The number of hydrogen-bond donors (Lipinski definition) is 1. The summed E-state index contributed by atoms with van der Waals surface area (Å²) in [7, 11) is 1.28. The van der Waals surface area contributed by atoms with Gasteiger partial charge in [0.15, 0.2) is 0 Å². The first-order valence-electron chi connectivity index (χ1n) is 9.68. The van der Waals surface area contributed by atoms with E-state index in [4.69, 9.17) is 4.74 Å². The third-order valence-corrected chi connectivity index (χ3v) is 5.32. The van der Waals surface area contributed by atoms with E-state index in [-0.39, 0.29) is 18.0 Å². The number of benzene rings is 3. The molecule has 3 aromatic carbocycles. The van der Waals surface area contributed by atoms with E-state index >= 15 is 0 Å². The number of nitrogens with zero attached hydrogens (tertiary/aromatic N) is 1. The van der Waals surface area contributed by atoms with Gasteiger partial charge in [-0.2, -0.15) is 5.26 Å². The molecule has 0 bridgehead atoms. The summed E-state index contributed by atoms with van der Waals surface area (Å²) in [5.74, 6) is -0.785. The molecule has 0 heterocycles. The van der Waals surface area contributed by atoms with Crippen molar-refractivity contribution in [2.45, 2.75) is 6.61 Å². The van der Waals surface area contributed by atoms with Crippen molar-refractivity contribution in [3.05, 3.63) is 98.4 Å². The summed E-state index contributed by atoms with van der Waals surface area (Å²) in [5.41, 5.74) is 2.05. The van der Waals surface area contributed by atoms with Crippen LogP contribution in [0.1, 0.15) is 21.5 Å². The average molecular weight is 556 g/mol. The number of anilines is 1. The van der Waals surface area contributed by atoms with Gasteiger partial charge in [-0.1, -0.05) is 18.2 Å². The fourth-order valence-corrected chi connectivity index (χ4v) is 3.53. The molecule has 166 valence electrons. The van der Waals surface area contributed by atoms with Gasteiger partial charge in [0.2, 0.25) is 0 Å². The smallest absolute Gasteiger partial charge is 0.337 e. The number of carbonyl (C=O) groups excluding carboxylic acids is 2. The lowest BCUT2D eigenvalue weighted by molar-refractivity contribution is -0.112. The van der Waals surface area contributed by atoms with Gasteiger partial charge in [-0.05, 0) is 88.3 Å². The molecule has 0 aliphatic rings. The number of amides is 1. The second kappa shape index (κ2) is 11.2. The molecule has 8 heteroatoms. The van der Waals surface area contributed by atoms with E-state index in [1.165, 1.54) is 37.5 Å². The lowest BCUT2D eigenvalue weighted by Crippen LogP contribution is -2.13. The van der Waals surface area contributed by atoms with Gasteiger partial charge in [0.1, 0.15) is 29.8 Å². The largest absolute Gasteiger partial charge is 0.488 e. The summed E-state index contributed by atoms with van der Waals surface area (Å²) in [6, 6.07) is 19.4. The minimum Gasteiger partial charge on any atom is -0.488 e. The number of carbonyl (C=O) groups is 2. The van der Waals surface area contributed by atoms with E-state index in [0.29, 0.717) is 28.1 Å². The second-order valence-corrected chi connectivity index (χ2v) is 7.96. The molecule has 33 heavy (non-hydrogen) atoms. The fourth-order valence-electron chi connectivity index (χ4n) is 2.83. The Bertz CT molecular complexity index is 1250. The first kappa shape index (κ1) is 23.9. The second-order valence-electron chi connectivity index (χ2n) is 6.80. The van der Waals surface area contributed by atoms with Crippen molar-refractivity contribution in [2.24, 2.45) is 0 Å². The van der Waals surface area contributed by atoms with Gasteiger partial charge in [0.05, 0.1) is 16.2 Å². The topological polar surface area (TPSA) is 88.4 Å². The van der Waals surface area contributed by atoms with Crippen molar-refractivity contribution in [2.75, 3.05) is 12.4 Å².